The first kappa shape index (κ1) is 7.09. The molecule has 0 aliphatic heterocycles. The molecule has 0 amide bonds. The molecule has 6 heteroatoms. The lowest BCUT2D eigenvalue weighted by Crippen LogP contribution is -2.24. The van der Waals surface area contributed by atoms with Crippen LogP contribution >= 0.6 is 0 Å². The lowest BCUT2D eigenvalue weighted by atomic mass is 10.1. The van der Waals surface area contributed by atoms with Crippen molar-refractivity contribution in [1.82, 2.24) is 19.5 Å². The van der Waals surface area contributed by atoms with E-state index >= 15 is 0 Å². The second-order valence-electron chi connectivity index (χ2n) is 2.68. The highest BCUT2D eigenvalue weighted by molar-refractivity contribution is 6.29. The van der Waals surface area contributed by atoms with Gasteiger partial charge in [-0.25, -0.2) is 9.97 Å². The van der Waals surface area contributed by atoms with Crippen LogP contribution in [0.4, 0.5) is 0 Å². The molecule has 0 radical (unpaired) electrons. The highest BCUT2D eigenvalue weighted by Crippen LogP contribution is 1.98. The fraction of sp³-hybridized carbons (Fsp3) is 0.167. The van der Waals surface area contributed by atoms with E-state index in [2.05, 4.69) is 15.0 Å². The van der Waals surface area contributed by atoms with Crippen LogP contribution in [0.5, 0.6) is 0 Å². The SMILES string of the molecule is Bc1nc2ncn(C)c2c(=O)[nH]1. The maximum absolute atomic E-state index is 11.3. The standard InChI is InChI=1S/C6H7BN4O/c1-11-2-8-4-3(11)5(12)10-6(7)9-4/h2H,7H2,1H3,(H,9,10,12). The van der Waals surface area contributed by atoms with Crippen LogP contribution in [0.3, 0.4) is 0 Å². The number of imidazole rings is 1. The molecule has 5 nitrogen and oxygen atoms in total. The van der Waals surface area contributed by atoms with Gasteiger partial charge in [-0.2, -0.15) is 0 Å². The molecule has 0 fully saturated rings. The van der Waals surface area contributed by atoms with E-state index in [1.54, 1.807) is 25.8 Å². The van der Waals surface area contributed by atoms with Crippen LogP contribution in [0.2, 0.25) is 0 Å². The van der Waals surface area contributed by atoms with Gasteiger partial charge < -0.3 is 9.55 Å². The second kappa shape index (κ2) is 2.20. The molecule has 0 saturated carbocycles. The van der Waals surface area contributed by atoms with Gasteiger partial charge in [0.05, 0.1) is 12.1 Å². The van der Waals surface area contributed by atoms with Crippen LogP contribution in [0, 0.1) is 0 Å². The number of hydrogen-bond donors (Lipinski definition) is 1. The van der Waals surface area contributed by atoms with E-state index in [9.17, 15) is 4.79 Å². The number of nitrogens with zero attached hydrogens (tertiary/aromatic N) is 3. The molecule has 60 valence electrons. The van der Waals surface area contributed by atoms with Crippen LogP contribution in [-0.2, 0) is 7.05 Å². The van der Waals surface area contributed by atoms with Crippen molar-refractivity contribution in [3.63, 3.8) is 0 Å². The Morgan fingerprint density at radius 3 is 3.17 bits per heavy atom. The fourth-order valence-corrected chi connectivity index (χ4v) is 1.17. The van der Waals surface area contributed by atoms with Crippen LogP contribution in [-0.4, -0.2) is 27.4 Å². The van der Waals surface area contributed by atoms with E-state index in [4.69, 9.17) is 0 Å². The van der Waals surface area contributed by atoms with E-state index < -0.39 is 0 Å². The van der Waals surface area contributed by atoms with Gasteiger partial charge in [-0.05, 0) is 0 Å². The summed E-state index contributed by atoms with van der Waals surface area (Å²) in [4.78, 5) is 22.0. The van der Waals surface area contributed by atoms with Gasteiger partial charge in [0.1, 0.15) is 0 Å². The number of rotatable bonds is 0. The minimum absolute atomic E-state index is 0.141. The van der Waals surface area contributed by atoms with Gasteiger partial charge in [-0.15, -0.1) is 0 Å². The lowest BCUT2D eigenvalue weighted by molar-refractivity contribution is 0.939. The summed E-state index contributed by atoms with van der Waals surface area (Å²) in [5.74, 6) is 0. The van der Waals surface area contributed by atoms with E-state index in [-0.39, 0.29) is 5.56 Å². The molecule has 0 aliphatic rings. The van der Waals surface area contributed by atoms with Crippen LogP contribution in [0.1, 0.15) is 0 Å². The molecule has 0 atom stereocenters. The average Bonchev–Trinajstić information content (AvgIpc) is 2.31. The number of fused-ring (bicyclic) bond motifs is 1. The number of aromatic amines is 1. The Labute approximate surface area is 68.9 Å². The second-order valence-corrected chi connectivity index (χ2v) is 2.68. The smallest absolute Gasteiger partial charge is 0.276 e. The Hall–Kier alpha value is -1.59. The summed E-state index contributed by atoms with van der Waals surface area (Å²) in [6, 6.07) is 0. The maximum atomic E-state index is 11.3. The monoisotopic (exact) mass is 162 g/mol. The predicted octanol–water partition coefficient (Wildman–Crippen LogP) is -2.08. The third kappa shape index (κ3) is 0.844. The van der Waals surface area contributed by atoms with Gasteiger partial charge in [0.25, 0.3) is 5.56 Å². The molecule has 0 spiro atoms. The van der Waals surface area contributed by atoms with Gasteiger partial charge in [0, 0.05) is 7.05 Å². The highest BCUT2D eigenvalue weighted by Gasteiger charge is 2.04. The number of aromatic nitrogens is 4. The minimum atomic E-state index is -0.141. The van der Waals surface area contributed by atoms with Crippen molar-refractivity contribution in [2.45, 2.75) is 0 Å². The quantitative estimate of drug-likeness (QED) is 0.452. The molecule has 0 unspecified atom stereocenters. The van der Waals surface area contributed by atoms with E-state index in [1.807, 2.05) is 0 Å². The Morgan fingerprint density at radius 1 is 1.67 bits per heavy atom. The van der Waals surface area contributed by atoms with Crippen LogP contribution < -0.4 is 11.3 Å². The van der Waals surface area contributed by atoms with Crippen molar-refractivity contribution >= 4 is 24.7 Å². The lowest BCUT2D eigenvalue weighted by Gasteiger charge is -1.93. The Morgan fingerprint density at radius 2 is 2.42 bits per heavy atom. The molecule has 2 heterocycles. The van der Waals surface area contributed by atoms with Crippen molar-refractivity contribution < 1.29 is 0 Å². The predicted molar refractivity (Wildman–Crippen MR) is 47.3 cm³/mol. The molecule has 12 heavy (non-hydrogen) atoms. The topological polar surface area (TPSA) is 63.6 Å². The normalized spacial score (nSPS) is 10.8. The van der Waals surface area contributed by atoms with Crippen LogP contribution in [0.15, 0.2) is 11.1 Å². The summed E-state index contributed by atoms with van der Waals surface area (Å²) in [5, 5.41) is 0. The Bertz CT molecular complexity index is 486. The molecule has 0 saturated heterocycles. The molecular weight excluding hydrogens is 155 g/mol. The summed E-state index contributed by atoms with van der Waals surface area (Å²) >= 11 is 0. The maximum Gasteiger partial charge on any atom is 0.276 e. The zero-order chi connectivity index (χ0) is 8.72. The summed E-state index contributed by atoms with van der Waals surface area (Å²) < 4.78 is 1.65. The Balaban J connectivity index is 3.03. The van der Waals surface area contributed by atoms with Gasteiger partial charge in [0.15, 0.2) is 19.0 Å². The van der Waals surface area contributed by atoms with Crippen molar-refractivity contribution in [2.75, 3.05) is 0 Å². The molecule has 0 aliphatic carbocycles. The zero-order valence-electron chi connectivity index (χ0n) is 6.83. The average molecular weight is 162 g/mol. The summed E-state index contributed by atoms with van der Waals surface area (Å²) in [6.07, 6.45) is 1.58. The van der Waals surface area contributed by atoms with Gasteiger partial charge in [-0.1, -0.05) is 0 Å². The third-order valence-electron chi connectivity index (χ3n) is 1.70. The molecular formula is C6H7BN4O. The minimum Gasteiger partial charge on any atom is -0.328 e. The largest absolute Gasteiger partial charge is 0.328 e. The molecule has 2 rings (SSSR count). The van der Waals surface area contributed by atoms with E-state index in [1.165, 1.54) is 0 Å². The Kier molecular flexibility index (Phi) is 1.30. The van der Waals surface area contributed by atoms with Crippen molar-refractivity contribution in [1.29, 1.82) is 0 Å². The summed E-state index contributed by atoms with van der Waals surface area (Å²) in [6.45, 7) is 0. The first-order chi connectivity index (χ1) is 5.68. The van der Waals surface area contributed by atoms with Crippen molar-refractivity contribution in [3.8, 4) is 0 Å². The van der Waals surface area contributed by atoms with E-state index in [0.717, 1.165) is 0 Å². The highest BCUT2D eigenvalue weighted by atomic mass is 16.1. The number of H-pyrrole nitrogens is 1. The number of aryl methyl sites for hydroxylation is 1. The molecule has 2 aromatic heterocycles. The van der Waals surface area contributed by atoms with Crippen LogP contribution in [0.25, 0.3) is 11.2 Å². The van der Waals surface area contributed by atoms with Crippen molar-refractivity contribution in [3.05, 3.63) is 16.7 Å². The molecule has 2 aromatic rings. The first-order valence-electron chi connectivity index (χ1n) is 3.56. The number of hydrogen-bond acceptors (Lipinski definition) is 3. The molecule has 0 bridgehead atoms. The van der Waals surface area contributed by atoms with Gasteiger partial charge in [-0.3, -0.25) is 4.79 Å². The molecule has 0 aromatic carbocycles. The zero-order valence-corrected chi connectivity index (χ0v) is 6.83. The summed E-state index contributed by atoms with van der Waals surface area (Å²) in [7, 11) is 3.50. The fourth-order valence-electron chi connectivity index (χ4n) is 1.17. The third-order valence-corrected chi connectivity index (χ3v) is 1.70. The summed E-state index contributed by atoms with van der Waals surface area (Å²) in [5.41, 5.74) is 1.46. The van der Waals surface area contributed by atoms with Crippen molar-refractivity contribution in [2.24, 2.45) is 7.05 Å². The van der Waals surface area contributed by atoms with E-state index in [0.29, 0.717) is 16.9 Å². The van der Waals surface area contributed by atoms with Gasteiger partial charge in [0.2, 0.25) is 0 Å². The number of nitrogens with one attached hydrogen (secondary N) is 1. The van der Waals surface area contributed by atoms with Gasteiger partial charge >= 0.3 is 0 Å². The molecule has 1 N–H and O–H groups in total. The first-order valence-corrected chi connectivity index (χ1v) is 3.56.